The second-order valence-corrected chi connectivity index (χ2v) is 8.70. The molecule has 6 heteroatoms. The average molecular weight is 422 g/mol. The van der Waals surface area contributed by atoms with E-state index >= 15 is 0 Å². The zero-order valence-corrected chi connectivity index (χ0v) is 18.8. The average Bonchev–Trinajstić information content (AvgIpc) is 3.14. The lowest BCUT2D eigenvalue weighted by atomic mass is 9.76. The fraction of sp³-hybridized carbons (Fsp3) is 0.360. The van der Waals surface area contributed by atoms with Gasteiger partial charge in [-0.3, -0.25) is 4.79 Å². The number of hydrogen-bond acceptors (Lipinski definition) is 4. The molecule has 0 bridgehead atoms. The number of hydrogen-bond donors (Lipinski definition) is 1. The Balaban J connectivity index is 2.20. The minimum absolute atomic E-state index is 0.326. The van der Waals surface area contributed by atoms with Crippen molar-refractivity contribution in [2.45, 2.75) is 39.3 Å². The number of nitrogens with two attached hydrogens (primary N) is 1. The van der Waals surface area contributed by atoms with E-state index in [0.29, 0.717) is 6.54 Å². The molecule has 0 spiro atoms. The molecule has 2 N–H and O–H groups in total. The van der Waals surface area contributed by atoms with Crippen molar-refractivity contribution in [3.8, 4) is 17.0 Å². The number of carbonyl (C=O) groups is 1. The number of nitrogens with zero attached hydrogens (tertiary/aromatic N) is 2. The lowest BCUT2D eigenvalue weighted by Crippen LogP contribution is -2.42. The molecule has 0 aliphatic rings. The summed E-state index contributed by atoms with van der Waals surface area (Å²) in [4.78, 5) is 17.3. The molecule has 3 rings (SSSR count). The molecule has 1 aromatic heterocycles. The summed E-state index contributed by atoms with van der Waals surface area (Å²) in [5.41, 5.74) is 8.20. The van der Waals surface area contributed by atoms with Crippen LogP contribution in [0.1, 0.15) is 38.1 Å². The van der Waals surface area contributed by atoms with Crippen molar-refractivity contribution in [3.63, 3.8) is 0 Å². The fourth-order valence-electron chi connectivity index (χ4n) is 3.96. The number of primary amides is 1. The molecule has 2 aromatic carbocycles. The maximum atomic E-state index is 12.3. The molecule has 1 unspecified atom stereocenters. The Bertz CT molecular complexity index is 1020. The molecule has 31 heavy (non-hydrogen) atoms. The van der Waals surface area contributed by atoms with Gasteiger partial charge in [0.1, 0.15) is 17.7 Å². The number of rotatable bonds is 8. The predicted molar refractivity (Wildman–Crippen MR) is 122 cm³/mol. The number of imidazole rings is 1. The van der Waals surface area contributed by atoms with Crippen LogP contribution in [0.25, 0.3) is 11.3 Å². The second kappa shape index (κ2) is 9.35. The van der Waals surface area contributed by atoms with Gasteiger partial charge in [-0.2, -0.15) is 0 Å². The summed E-state index contributed by atoms with van der Waals surface area (Å²) in [5.74, 6) is 0.643. The summed E-state index contributed by atoms with van der Waals surface area (Å²) in [5, 5.41) is 0. The van der Waals surface area contributed by atoms with Gasteiger partial charge >= 0.3 is 0 Å². The maximum Gasteiger partial charge on any atom is 0.247 e. The van der Waals surface area contributed by atoms with Crippen molar-refractivity contribution in [1.29, 1.82) is 0 Å². The Kier molecular flexibility index (Phi) is 6.81. The number of benzene rings is 2. The number of amides is 1. The zero-order chi connectivity index (χ0) is 22.6. The third-order valence-corrected chi connectivity index (χ3v) is 5.43. The van der Waals surface area contributed by atoms with E-state index in [-0.39, 0.29) is 11.3 Å². The highest BCUT2D eigenvalue weighted by Gasteiger charge is 2.40. The molecule has 0 fully saturated rings. The van der Waals surface area contributed by atoms with Crippen LogP contribution in [0.3, 0.4) is 0 Å². The van der Waals surface area contributed by atoms with E-state index in [9.17, 15) is 4.79 Å². The highest BCUT2D eigenvalue weighted by molar-refractivity contribution is 5.80. The van der Waals surface area contributed by atoms with Crippen LogP contribution in [0.15, 0.2) is 60.8 Å². The highest BCUT2D eigenvalue weighted by Crippen LogP contribution is 2.40. The summed E-state index contributed by atoms with van der Waals surface area (Å²) in [6, 6.07) is 17.9. The Morgan fingerprint density at radius 2 is 1.71 bits per heavy atom. The van der Waals surface area contributed by atoms with Crippen LogP contribution in [-0.2, 0) is 16.1 Å². The Hall–Kier alpha value is -3.12. The van der Waals surface area contributed by atoms with Crippen molar-refractivity contribution >= 4 is 5.91 Å². The molecular weight excluding hydrogens is 390 g/mol. The van der Waals surface area contributed by atoms with Crippen LogP contribution < -0.4 is 10.5 Å². The maximum absolute atomic E-state index is 12.3. The standard InChI is InChI=1S/C25H31N3O3/c1-25(2,3)21(22(31-5)23(26)29)24-27-19(18-13-9-10-14-20(18)30-4)16-28(24)15-17-11-7-6-8-12-17/h6-14,16,21-22H,15H2,1-5H3,(H2,26,29)/t21-,22?/m0/s1. The topological polar surface area (TPSA) is 79.4 Å². The van der Waals surface area contributed by atoms with Crippen LogP contribution in [0.4, 0.5) is 0 Å². The molecule has 0 saturated heterocycles. The second-order valence-electron chi connectivity index (χ2n) is 8.70. The molecule has 3 aromatic rings. The number of aromatic nitrogens is 2. The molecule has 2 atom stereocenters. The van der Waals surface area contributed by atoms with Gasteiger partial charge in [-0.1, -0.05) is 63.2 Å². The van der Waals surface area contributed by atoms with Gasteiger partial charge in [0.05, 0.1) is 18.7 Å². The van der Waals surface area contributed by atoms with E-state index < -0.39 is 12.0 Å². The highest BCUT2D eigenvalue weighted by atomic mass is 16.5. The van der Waals surface area contributed by atoms with Crippen LogP contribution in [0.2, 0.25) is 0 Å². The molecule has 0 saturated carbocycles. The van der Waals surface area contributed by atoms with Gasteiger partial charge in [0, 0.05) is 25.4 Å². The molecule has 6 nitrogen and oxygen atoms in total. The monoisotopic (exact) mass is 421 g/mol. The first-order valence-electron chi connectivity index (χ1n) is 10.3. The van der Waals surface area contributed by atoms with Gasteiger partial charge in [-0.05, 0) is 23.1 Å². The van der Waals surface area contributed by atoms with Crippen LogP contribution in [-0.4, -0.2) is 35.8 Å². The number of para-hydroxylation sites is 1. The minimum atomic E-state index is -0.803. The quantitative estimate of drug-likeness (QED) is 0.590. The summed E-state index contributed by atoms with van der Waals surface area (Å²) in [7, 11) is 3.16. The SMILES string of the molecule is COc1ccccc1-c1cn(Cc2ccccc2)c([C@H](C(OC)C(N)=O)C(C)(C)C)n1. The minimum Gasteiger partial charge on any atom is -0.496 e. The van der Waals surface area contributed by atoms with Crippen LogP contribution in [0, 0.1) is 5.41 Å². The van der Waals surface area contributed by atoms with Crippen molar-refractivity contribution in [2.24, 2.45) is 11.1 Å². The van der Waals surface area contributed by atoms with Gasteiger partial charge in [0.15, 0.2) is 0 Å². The first-order valence-corrected chi connectivity index (χ1v) is 10.3. The van der Waals surface area contributed by atoms with Gasteiger partial charge in [-0.15, -0.1) is 0 Å². The van der Waals surface area contributed by atoms with Gasteiger partial charge in [0.2, 0.25) is 5.91 Å². The van der Waals surface area contributed by atoms with Gasteiger partial charge in [-0.25, -0.2) is 4.98 Å². The lowest BCUT2D eigenvalue weighted by molar-refractivity contribution is -0.131. The molecule has 0 aliphatic heterocycles. The summed E-state index contributed by atoms with van der Waals surface area (Å²) >= 11 is 0. The first-order chi connectivity index (χ1) is 14.8. The van der Waals surface area contributed by atoms with Crippen LogP contribution >= 0.6 is 0 Å². The van der Waals surface area contributed by atoms with E-state index in [4.69, 9.17) is 20.2 Å². The molecule has 1 heterocycles. The Morgan fingerprint density at radius 3 is 2.29 bits per heavy atom. The van der Waals surface area contributed by atoms with Crippen molar-refractivity contribution in [1.82, 2.24) is 9.55 Å². The third-order valence-electron chi connectivity index (χ3n) is 5.43. The molecule has 164 valence electrons. The first kappa shape index (κ1) is 22.6. The summed E-state index contributed by atoms with van der Waals surface area (Å²) in [6.45, 7) is 6.81. The Morgan fingerprint density at radius 1 is 1.06 bits per heavy atom. The largest absolute Gasteiger partial charge is 0.496 e. The lowest BCUT2D eigenvalue weighted by Gasteiger charge is -2.34. The van der Waals surface area contributed by atoms with Crippen LogP contribution in [0.5, 0.6) is 5.75 Å². The summed E-state index contributed by atoms with van der Waals surface area (Å²) in [6.07, 6.45) is 1.20. The summed E-state index contributed by atoms with van der Waals surface area (Å²) < 4.78 is 13.2. The predicted octanol–water partition coefficient (Wildman–Crippen LogP) is 4.24. The van der Waals surface area contributed by atoms with E-state index in [2.05, 4.69) is 37.5 Å². The third kappa shape index (κ3) is 4.97. The molecule has 0 aliphatic carbocycles. The van der Waals surface area contributed by atoms with E-state index in [1.165, 1.54) is 7.11 Å². The number of methoxy groups -OCH3 is 2. The normalized spacial score (nSPS) is 13.6. The molecule has 0 radical (unpaired) electrons. The number of carbonyl (C=O) groups excluding carboxylic acids is 1. The van der Waals surface area contributed by atoms with Crippen molar-refractivity contribution in [2.75, 3.05) is 14.2 Å². The van der Waals surface area contributed by atoms with E-state index in [1.54, 1.807) is 7.11 Å². The van der Waals surface area contributed by atoms with Crippen molar-refractivity contribution in [3.05, 3.63) is 72.2 Å². The molecule has 1 amide bonds. The Labute approximate surface area is 184 Å². The fourth-order valence-corrected chi connectivity index (χ4v) is 3.96. The zero-order valence-electron chi connectivity index (χ0n) is 18.8. The molecular formula is C25H31N3O3. The smallest absolute Gasteiger partial charge is 0.247 e. The van der Waals surface area contributed by atoms with E-state index in [1.807, 2.05) is 48.7 Å². The van der Waals surface area contributed by atoms with Crippen molar-refractivity contribution < 1.29 is 14.3 Å². The van der Waals surface area contributed by atoms with E-state index in [0.717, 1.165) is 28.4 Å². The van der Waals surface area contributed by atoms with Gasteiger partial charge < -0.3 is 19.8 Å². The number of ether oxygens (including phenoxy) is 2. The van der Waals surface area contributed by atoms with Gasteiger partial charge in [0.25, 0.3) is 0 Å².